The summed E-state index contributed by atoms with van der Waals surface area (Å²) >= 11 is 6.13. The number of nitrogens with zero attached hydrogens (tertiary/aromatic N) is 4. The summed E-state index contributed by atoms with van der Waals surface area (Å²) in [6.07, 6.45) is 3.31. The van der Waals surface area contributed by atoms with Crippen LogP contribution in [-0.2, 0) is 16.6 Å². The molecule has 0 bridgehead atoms. The van der Waals surface area contributed by atoms with Gasteiger partial charge in [0.15, 0.2) is 5.65 Å². The third-order valence-electron chi connectivity index (χ3n) is 4.06. The van der Waals surface area contributed by atoms with E-state index >= 15 is 0 Å². The lowest BCUT2D eigenvalue weighted by atomic mass is 10.2. The van der Waals surface area contributed by atoms with Gasteiger partial charge in [0.2, 0.25) is 0 Å². The summed E-state index contributed by atoms with van der Waals surface area (Å²) in [5, 5.41) is 8.09. The van der Waals surface area contributed by atoms with Crippen molar-refractivity contribution < 1.29 is 8.42 Å². The van der Waals surface area contributed by atoms with Crippen molar-refractivity contribution in [3.63, 3.8) is 0 Å². The lowest BCUT2D eigenvalue weighted by Gasteiger charge is -2.18. The van der Waals surface area contributed by atoms with Crippen molar-refractivity contribution in [2.45, 2.75) is 32.7 Å². The molecule has 1 aliphatic rings. The summed E-state index contributed by atoms with van der Waals surface area (Å²) < 4.78 is 29.8. The quantitative estimate of drug-likeness (QED) is 0.745. The standard InChI is InChI=1S/C14H21ClN6O2S/c1-3-10-8-16-21-13(7-12(15)19-14(10)21)18-11-5-6-20(9-11)24(22,23)17-4-2/h7-8,11,17-18H,3-6,9H2,1-2H3/t11-/m0/s1. The van der Waals surface area contributed by atoms with Crippen LogP contribution >= 0.6 is 11.6 Å². The van der Waals surface area contributed by atoms with Gasteiger partial charge in [0, 0.05) is 37.3 Å². The van der Waals surface area contributed by atoms with Gasteiger partial charge in [-0.2, -0.15) is 22.3 Å². The maximum Gasteiger partial charge on any atom is 0.279 e. The smallest absolute Gasteiger partial charge is 0.279 e. The highest BCUT2D eigenvalue weighted by Crippen LogP contribution is 2.22. The summed E-state index contributed by atoms with van der Waals surface area (Å²) in [4.78, 5) is 4.33. The van der Waals surface area contributed by atoms with E-state index in [9.17, 15) is 8.42 Å². The highest BCUT2D eigenvalue weighted by atomic mass is 35.5. The van der Waals surface area contributed by atoms with Gasteiger partial charge < -0.3 is 5.32 Å². The summed E-state index contributed by atoms with van der Waals surface area (Å²) in [6.45, 7) is 5.06. The van der Waals surface area contributed by atoms with E-state index in [1.54, 1.807) is 23.7 Å². The molecule has 1 fully saturated rings. The molecule has 2 N–H and O–H groups in total. The number of aromatic nitrogens is 3. The number of aryl methyl sites for hydroxylation is 1. The van der Waals surface area contributed by atoms with Gasteiger partial charge in [-0.05, 0) is 12.8 Å². The van der Waals surface area contributed by atoms with Crippen LogP contribution in [-0.4, -0.2) is 53.0 Å². The van der Waals surface area contributed by atoms with Crippen molar-refractivity contribution in [1.29, 1.82) is 0 Å². The van der Waals surface area contributed by atoms with Crippen molar-refractivity contribution in [1.82, 2.24) is 23.6 Å². The summed E-state index contributed by atoms with van der Waals surface area (Å²) in [7, 11) is -3.40. The molecule has 0 aromatic carbocycles. The minimum atomic E-state index is -3.40. The lowest BCUT2D eigenvalue weighted by molar-refractivity contribution is 0.464. The minimum Gasteiger partial charge on any atom is -0.366 e. The first-order chi connectivity index (χ1) is 11.4. The molecule has 0 saturated carbocycles. The number of nitrogens with one attached hydrogen (secondary N) is 2. The molecule has 0 unspecified atom stereocenters. The van der Waals surface area contributed by atoms with Crippen molar-refractivity contribution >= 4 is 33.3 Å². The lowest BCUT2D eigenvalue weighted by Crippen LogP contribution is -2.40. The number of hydrogen-bond acceptors (Lipinski definition) is 5. The van der Waals surface area contributed by atoms with E-state index in [1.807, 2.05) is 6.92 Å². The Balaban J connectivity index is 1.80. The van der Waals surface area contributed by atoms with E-state index in [4.69, 9.17) is 11.6 Å². The fraction of sp³-hybridized carbons (Fsp3) is 0.571. The van der Waals surface area contributed by atoms with Crippen LogP contribution in [0.4, 0.5) is 5.82 Å². The van der Waals surface area contributed by atoms with Gasteiger partial charge in [-0.3, -0.25) is 0 Å². The van der Waals surface area contributed by atoms with E-state index in [-0.39, 0.29) is 6.04 Å². The van der Waals surface area contributed by atoms with E-state index in [1.165, 1.54) is 4.31 Å². The molecule has 0 spiro atoms. The Bertz CT molecular complexity index is 837. The Morgan fingerprint density at radius 3 is 2.92 bits per heavy atom. The van der Waals surface area contributed by atoms with Crippen molar-refractivity contribution in [3.8, 4) is 0 Å². The number of anilines is 1. The molecule has 24 heavy (non-hydrogen) atoms. The first-order valence-corrected chi connectivity index (χ1v) is 9.80. The van der Waals surface area contributed by atoms with Gasteiger partial charge in [0.25, 0.3) is 10.2 Å². The average molecular weight is 373 g/mol. The van der Waals surface area contributed by atoms with Crippen LogP contribution in [0.2, 0.25) is 5.15 Å². The zero-order valence-electron chi connectivity index (χ0n) is 13.7. The van der Waals surface area contributed by atoms with Gasteiger partial charge >= 0.3 is 0 Å². The molecule has 3 heterocycles. The highest BCUT2D eigenvalue weighted by molar-refractivity contribution is 7.87. The molecule has 1 atom stereocenters. The van der Waals surface area contributed by atoms with Crippen LogP contribution in [0.3, 0.4) is 0 Å². The van der Waals surface area contributed by atoms with Crippen LogP contribution in [0, 0.1) is 0 Å². The fourth-order valence-corrected chi connectivity index (χ4v) is 4.33. The van der Waals surface area contributed by atoms with Crippen LogP contribution in [0.25, 0.3) is 5.65 Å². The Labute approximate surface area is 146 Å². The first-order valence-electron chi connectivity index (χ1n) is 7.99. The normalized spacial score (nSPS) is 19.2. The third-order valence-corrected chi connectivity index (χ3v) is 5.92. The van der Waals surface area contributed by atoms with Crippen LogP contribution < -0.4 is 10.0 Å². The predicted octanol–water partition coefficient (Wildman–Crippen LogP) is 1.29. The fourth-order valence-electron chi connectivity index (χ4n) is 2.88. The van der Waals surface area contributed by atoms with Crippen LogP contribution in [0.5, 0.6) is 0 Å². The Hall–Kier alpha value is -1.42. The molecule has 2 aromatic rings. The molecule has 10 heteroatoms. The molecule has 0 aliphatic carbocycles. The SMILES string of the molecule is CCNS(=O)(=O)N1CC[C@H](Nc2cc(Cl)nc3c(CC)cnn23)C1. The molecule has 132 valence electrons. The van der Waals surface area contributed by atoms with Crippen molar-refractivity contribution in [2.24, 2.45) is 0 Å². The maximum absolute atomic E-state index is 12.1. The van der Waals surface area contributed by atoms with Crippen molar-refractivity contribution in [3.05, 3.63) is 23.0 Å². The molecular weight excluding hydrogens is 352 g/mol. The molecule has 1 saturated heterocycles. The number of halogens is 1. The van der Waals surface area contributed by atoms with E-state index in [0.717, 1.165) is 23.4 Å². The predicted molar refractivity (Wildman–Crippen MR) is 93.6 cm³/mol. The van der Waals surface area contributed by atoms with Gasteiger partial charge in [0.05, 0.1) is 6.20 Å². The molecule has 2 aromatic heterocycles. The first kappa shape index (κ1) is 17.4. The second-order valence-electron chi connectivity index (χ2n) is 5.71. The topological polar surface area (TPSA) is 91.6 Å². The second kappa shape index (κ2) is 6.83. The second-order valence-corrected chi connectivity index (χ2v) is 7.86. The maximum atomic E-state index is 12.1. The van der Waals surface area contributed by atoms with Gasteiger partial charge in [-0.25, -0.2) is 9.71 Å². The monoisotopic (exact) mass is 372 g/mol. The van der Waals surface area contributed by atoms with E-state index < -0.39 is 10.2 Å². The Morgan fingerprint density at radius 1 is 1.42 bits per heavy atom. The van der Waals surface area contributed by atoms with E-state index in [2.05, 4.69) is 20.1 Å². The molecule has 0 radical (unpaired) electrons. The van der Waals surface area contributed by atoms with Crippen LogP contribution in [0.15, 0.2) is 12.3 Å². The largest absolute Gasteiger partial charge is 0.366 e. The molecule has 8 nitrogen and oxygen atoms in total. The molecule has 1 aliphatic heterocycles. The molecular formula is C14H21ClN6O2S. The Kier molecular flexibility index (Phi) is 4.95. The van der Waals surface area contributed by atoms with E-state index in [0.29, 0.717) is 31.2 Å². The number of rotatable bonds is 6. The highest BCUT2D eigenvalue weighted by Gasteiger charge is 2.31. The summed E-state index contributed by atoms with van der Waals surface area (Å²) in [6, 6.07) is 1.71. The average Bonchev–Trinajstić information content (AvgIpc) is 3.14. The number of hydrogen-bond donors (Lipinski definition) is 2. The van der Waals surface area contributed by atoms with Gasteiger partial charge in [0.1, 0.15) is 11.0 Å². The van der Waals surface area contributed by atoms with Crippen molar-refractivity contribution in [2.75, 3.05) is 25.0 Å². The summed E-state index contributed by atoms with van der Waals surface area (Å²) in [5.41, 5.74) is 1.74. The van der Waals surface area contributed by atoms with Crippen LogP contribution in [0.1, 0.15) is 25.8 Å². The minimum absolute atomic E-state index is 0.00521. The number of fused-ring (bicyclic) bond motifs is 1. The Morgan fingerprint density at radius 2 is 2.21 bits per heavy atom. The summed E-state index contributed by atoms with van der Waals surface area (Å²) in [5.74, 6) is 0.720. The molecule has 0 amide bonds. The zero-order chi connectivity index (χ0) is 17.3. The third kappa shape index (κ3) is 3.34. The van der Waals surface area contributed by atoms with Gasteiger partial charge in [-0.15, -0.1) is 0 Å². The van der Waals surface area contributed by atoms with Gasteiger partial charge in [-0.1, -0.05) is 25.4 Å². The zero-order valence-corrected chi connectivity index (χ0v) is 15.2. The molecule has 3 rings (SSSR count).